The van der Waals surface area contributed by atoms with Crippen molar-refractivity contribution < 1.29 is 9.59 Å². The van der Waals surface area contributed by atoms with Crippen LogP contribution in [0.5, 0.6) is 0 Å². The van der Waals surface area contributed by atoms with Crippen LogP contribution in [0.4, 0.5) is 0 Å². The maximum atomic E-state index is 11.6. The number of carbonyl (C=O) groups is 1. The third kappa shape index (κ3) is 5.85. The number of rotatable bonds is 8. The molecule has 0 aliphatic rings. The minimum Gasteiger partial charge on any atom is -0.352 e. The van der Waals surface area contributed by atoms with E-state index in [0.717, 1.165) is 25.7 Å². The molecule has 3 nitrogen and oxygen atoms in total. The van der Waals surface area contributed by atoms with Crippen LogP contribution in [0.2, 0.25) is 0 Å². The minimum absolute atomic E-state index is 0.0215. The normalized spacial score (nSPS) is 9.88. The van der Waals surface area contributed by atoms with E-state index in [-0.39, 0.29) is 5.91 Å². The highest BCUT2D eigenvalue weighted by Crippen LogP contribution is 2.01. The second-order valence-corrected chi connectivity index (χ2v) is 3.93. The molecule has 0 saturated heterocycles. The predicted molar refractivity (Wildman–Crippen MR) is 67.6 cm³/mol. The first-order valence-electron chi connectivity index (χ1n) is 6.03. The molecule has 0 aromatic heterocycles. The second-order valence-electron chi connectivity index (χ2n) is 3.93. The van der Waals surface area contributed by atoms with E-state index in [1.54, 1.807) is 12.1 Å². The Labute approximate surface area is 102 Å². The van der Waals surface area contributed by atoms with Crippen LogP contribution in [0.1, 0.15) is 42.5 Å². The summed E-state index contributed by atoms with van der Waals surface area (Å²) < 4.78 is 0. The Bertz CT molecular complexity index is 335. The Morgan fingerprint density at radius 1 is 1.06 bits per heavy atom. The smallest absolute Gasteiger partial charge is 0.251 e. The lowest BCUT2D eigenvalue weighted by Gasteiger charge is -2.04. The van der Waals surface area contributed by atoms with Gasteiger partial charge < -0.3 is 5.32 Å². The van der Waals surface area contributed by atoms with E-state index in [4.69, 9.17) is 0 Å². The number of carbonyl (C=O) groups excluding carboxylic acids is 2. The van der Waals surface area contributed by atoms with Crippen molar-refractivity contribution in [3.05, 3.63) is 35.9 Å². The quantitative estimate of drug-likeness (QED) is 0.700. The fourth-order valence-corrected chi connectivity index (χ4v) is 1.57. The second kappa shape index (κ2) is 8.50. The molecule has 3 heteroatoms. The van der Waals surface area contributed by atoms with Gasteiger partial charge in [-0.15, -0.1) is 0 Å². The Balaban J connectivity index is 2.07. The van der Waals surface area contributed by atoms with Crippen LogP contribution in [-0.4, -0.2) is 18.7 Å². The molecule has 0 heterocycles. The summed E-state index contributed by atoms with van der Waals surface area (Å²) in [4.78, 5) is 21.6. The van der Waals surface area contributed by atoms with E-state index in [0.29, 0.717) is 18.5 Å². The van der Waals surface area contributed by atoms with Crippen molar-refractivity contribution in [3.63, 3.8) is 0 Å². The van der Waals surface area contributed by atoms with Crippen molar-refractivity contribution in [1.29, 1.82) is 0 Å². The van der Waals surface area contributed by atoms with Crippen molar-refractivity contribution in [3.8, 4) is 0 Å². The number of nitrogens with one attached hydrogen (secondary N) is 1. The Kier molecular flexibility index (Phi) is 6.72. The average Bonchev–Trinajstić information content (AvgIpc) is 2.38. The molecule has 1 rings (SSSR count). The molecule has 17 heavy (non-hydrogen) atoms. The van der Waals surface area contributed by atoms with Gasteiger partial charge in [-0.25, -0.2) is 0 Å². The summed E-state index contributed by atoms with van der Waals surface area (Å²) in [5.41, 5.74) is 0.697. The van der Waals surface area contributed by atoms with E-state index in [9.17, 15) is 9.59 Å². The van der Waals surface area contributed by atoms with Crippen LogP contribution in [0.15, 0.2) is 30.3 Å². The maximum absolute atomic E-state index is 11.6. The molecular weight excluding hydrogens is 214 g/mol. The van der Waals surface area contributed by atoms with Gasteiger partial charge in [0.05, 0.1) is 0 Å². The van der Waals surface area contributed by atoms with Gasteiger partial charge in [-0.05, 0) is 25.0 Å². The highest BCUT2D eigenvalue weighted by molar-refractivity contribution is 5.94. The van der Waals surface area contributed by atoms with E-state index < -0.39 is 0 Å². The number of amides is 1. The first kappa shape index (κ1) is 13.4. The SMILES string of the molecule is O=[C]CCCCCCNC(=O)c1ccccc1. The largest absolute Gasteiger partial charge is 0.352 e. The van der Waals surface area contributed by atoms with Gasteiger partial charge in [0.15, 0.2) is 6.29 Å². The molecule has 0 bridgehead atoms. The summed E-state index contributed by atoms with van der Waals surface area (Å²) in [7, 11) is 0. The fraction of sp³-hybridized carbons (Fsp3) is 0.429. The molecule has 0 aliphatic carbocycles. The van der Waals surface area contributed by atoms with Gasteiger partial charge in [0, 0.05) is 18.5 Å². The topological polar surface area (TPSA) is 46.2 Å². The third-order valence-electron chi connectivity index (χ3n) is 2.53. The number of hydrogen-bond acceptors (Lipinski definition) is 2. The molecule has 1 aromatic rings. The zero-order chi connectivity index (χ0) is 12.3. The van der Waals surface area contributed by atoms with Gasteiger partial charge in [0.2, 0.25) is 0 Å². The van der Waals surface area contributed by atoms with Crippen molar-refractivity contribution in [2.45, 2.75) is 32.1 Å². The molecule has 0 aliphatic heterocycles. The molecule has 0 atom stereocenters. The average molecular weight is 232 g/mol. The molecule has 0 unspecified atom stereocenters. The van der Waals surface area contributed by atoms with Gasteiger partial charge >= 0.3 is 0 Å². The molecule has 0 fully saturated rings. The number of hydrogen-bond donors (Lipinski definition) is 1. The summed E-state index contributed by atoms with van der Waals surface area (Å²) in [5, 5.41) is 2.87. The van der Waals surface area contributed by atoms with Crippen molar-refractivity contribution in [2.24, 2.45) is 0 Å². The predicted octanol–water partition coefficient (Wildman–Crippen LogP) is 2.48. The number of benzene rings is 1. The van der Waals surface area contributed by atoms with Crippen LogP contribution in [0.3, 0.4) is 0 Å². The molecule has 0 spiro atoms. The Morgan fingerprint density at radius 3 is 2.47 bits per heavy atom. The Morgan fingerprint density at radius 2 is 1.76 bits per heavy atom. The zero-order valence-electron chi connectivity index (χ0n) is 9.95. The highest BCUT2D eigenvalue weighted by Gasteiger charge is 2.02. The van der Waals surface area contributed by atoms with Crippen molar-refractivity contribution in [1.82, 2.24) is 5.32 Å². The van der Waals surface area contributed by atoms with E-state index in [2.05, 4.69) is 5.32 Å². The van der Waals surface area contributed by atoms with Gasteiger partial charge in [-0.1, -0.05) is 31.0 Å². The van der Waals surface area contributed by atoms with Crippen LogP contribution in [0, 0.1) is 0 Å². The lowest BCUT2D eigenvalue weighted by molar-refractivity contribution is 0.0953. The summed E-state index contributed by atoms with van der Waals surface area (Å²) in [6, 6.07) is 9.20. The third-order valence-corrected chi connectivity index (χ3v) is 2.53. The van der Waals surface area contributed by atoms with E-state index >= 15 is 0 Å². The molecule has 1 radical (unpaired) electrons. The molecule has 1 aromatic carbocycles. The van der Waals surface area contributed by atoms with Crippen LogP contribution < -0.4 is 5.32 Å². The number of unbranched alkanes of at least 4 members (excludes halogenated alkanes) is 4. The van der Waals surface area contributed by atoms with Gasteiger partial charge in [0.1, 0.15) is 0 Å². The van der Waals surface area contributed by atoms with Crippen LogP contribution in [-0.2, 0) is 4.79 Å². The molecule has 1 amide bonds. The molecule has 1 N–H and O–H groups in total. The lowest BCUT2D eigenvalue weighted by Crippen LogP contribution is -2.24. The fourth-order valence-electron chi connectivity index (χ4n) is 1.57. The minimum atomic E-state index is -0.0215. The van der Waals surface area contributed by atoms with Crippen LogP contribution in [0.25, 0.3) is 0 Å². The first-order chi connectivity index (χ1) is 8.34. The van der Waals surface area contributed by atoms with Gasteiger partial charge in [-0.2, -0.15) is 0 Å². The monoisotopic (exact) mass is 232 g/mol. The summed E-state index contributed by atoms with van der Waals surface area (Å²) >= 11 is 0. The molecule has 0 saturated carbocycles. The zero-order valence-corrected chi connectivity index (χ0v) is 9.95. The molecule has 91 valence electrons. The summed E-state index contributed by atoms with van der Waals surface area (Å²) in [5.74, 6) is -0.0215. The maximum Gasteiger partial charge on any atom is 0.251 e. The van der Waals surface area contributed by atoms with Gasteiger partial charge in [-0.3, -0.25) is 9.59 Å². The lowest BCUT2D eigenvalue weighted by atomic mass is 10.1. The van der Waals surface area contributed by atoms with Gasteiger partial charge in [0.25, 0.3) is 5.91 Å². The summed E-state index contributed by atoms with van der Waals surface area (Å²) in [6.07, 6.45) is 6.32. The van der Waals surface area contributed by atoms with E-state index in [1.807, 2.05) is 24.5 Å². The van der Waals surface area contributed by atoms with Crippen molar-refractivity contribution >= 4 is 12.2 Å². The molecular formula is C14H18NO2. The first-order valence-corrected chi connectivity index (χ1v) is 6.03. The summed E-state index contributed by atoms with van der Waals surface area (Å²) in [6.45, 7) is 0.693. The van der Waals surface area contributed by atoms with Crippen LogP contribution >= 0.6 is 0 Å². The highest BCUT2D eigenvalue weighted by atomic mass is 16.1. The Hall–Kier alpha value is -1.64. The van der Waals surface area contributed by atoms with E-state index in [1.165, 1.54) is 0 Å². The standard InChI is InChI=1S/C14H18NO2/c16-12-8-3-1-2-7-11-15-14(17)13-9-5-4-6-10-13/h4-6,9-10H,1-3,7-8,11H2,(H,15,17). The van der Waals surface area contributed by atoms with Crippen molar-refractivity contribution in [2.75, 3.05) is 6.54 Å².